The van der Waals surface area contributed by atoms with Gasteiger partial charge in [0.15, 0.2) is 0 Å². The summed E-state index contributed by atoms with van der Waals surface area (Å²) >= 11 is 0. The van der Waals surface area contributed by atoms with Gasteiger partial charge in [0.25, 0.3) is 0 Å². The molecule has 2 aromatic heterocycles. The molecule has 2 N–H and O–H groups in total. The summed E-state index contributed by atoms with van der Waals surface area (Å²) in [6.07, 6.45) is 1.60. The zero-order chi connectivity index (χ0) is 12.4. The summed E-state index contributed by atoms with van der Waals surface area (Å²) in [7, 11) is 0.595. The molecule has 0 spiro atoms. The van der Waals surface area contributed by atoms with E-state index in [9.17, 15) is 4.21 Å². The van der Waals surface area contributed by atoms with Crippen LogP contribution in [0.4, 0.5) is 5.69 Å². The normalized spacial score (nSPS) is 12.6. The first-order valence-corrected chi connectivity index (χ1v) is 6.48. The number of hydrogen-bond donors (Lipinski definition) is 1. The van der Waals surface area contributed by atoms with Gasteiger partial charge < -0.3 is 5.73 Å². The van der Waals surface area contributed by atoms with Crippen LogP contribution in [-0.4, -0.2) is 19.0 Å². The molecule has 0 bridgehead atoms. The first kappa shape index (κ1) is 11.8. The molecule has 0 saturated heterocycles. The van der Waals surface area contributed by atoms with Gasteiger partial charge in [-0.05, 0) is 25.1 Å². The number of nitrogens with two attached hydrogens (primary N) is 1. The van der Waals surface area contributed by atoms with Crippen molar-refractivity contribution >= 4 is 16.5 Å². The van der Waals surface area contributed by atoms with Gasteiger partial charge in [-0.15, -0.1) is 0 Å². The molecule has 1 unspecified atom stereocenters. The highest BCUT2D eigenvalue weighted by Gasteiger charge is 2.12. The Balaban J connectivity index is 2.23. The molecule has 90 valence electrons. The minimum atomic E-state index is -1.24. The van der Waals surface area contributed by atoms with Gasteiger partial charge in [-0.25, -0.2) is 4.98 Å². The third-order valence-electron chi connectivity index (χ3n) is 2.39. The molecule has 5 nitrogen and oxygen atoms in total. The summed E-state index contributed by atoms with van der Waals surface area (Å²) in [6, 6.07) is 5.34. The van der Waals surface area contributed by atoms with E-state index in [-0.39, 0.29) is 0 Å². The summed E-state index contributed by atoms with van der Waals surface area (Å²) in [6.45, 7) is 1.90. The first-order valence-electron chi connectivity index (χ1n) is 5.16. The van der Waals surface area contributed by atoms with Crippen LogP contribution in [0.2, 0.25) is 0 Å². The zero-order valence-corrected chi connectivity index (χ0v) is 10.6. The summed E-state index contributed by atoms with van der Waals surface area (Å²) in [5.74, 6) is 0.374. The van der Waals surface area contributed by atoms with Gasteiger partial charge in [0.2, 0.25) is 0 Å². The third kappa shape index (κ3) is 2.52. The van der Waals surface area contributed by atoms with E-state index in [0.717, 1.165) is 11.4 Å². The number of rotatable bonds is 3. The molecular weight excluding hydrogens is 236 g/mol. The van der Waals surface area contributed by atoms with Crippen LogP contribution in [0.5, 0.6) is 0 Å². The third-order valence-corrected chi connectivity index (χ3v) is 3.72. The standard InChI is InChI=1S/C11H14N4OS/c1-8-6-9(15(2)14-8)7-17(16)11-10(12)4-3-5-13-11/h3-6H,7,12H2,1-2H3. The van der Waals surface area contributed by atoms with Crippen LogP contribution in [0, 0.1) is 6.92 Å². The monoisotopic (exact) mass is 250 g/mol. The molecule has 6 heteroatoms. The molecule has 0 fully saturated rings. The topological polar surface area (TPSA) is 73.8 Å². The molecule has 2 heterocycles. The van der Waals surface area contributed by atoms with Gasteiger partial charge in [0.1, 0.15) is 5.03 Å². The lowest BCUT2D eigenvalue weighted by Crippen LogP contribution is -2.06. The molecule has 0 aliphatic heterocycles. The Bertz CT molecular complexity index is 564. The van der Waals surface area contributed by atoms with Crippen LogP contribution in [0.1, 0.15) is 11.4 Å². The molecule has 2 aromatic rings. The number of aryl methyl sites for hydroxylation is 2. The van der Waals surface area contributed by atoms with Gasteiger partial charge in [0.05, 0.1) is 33.6 Å². The van der Waals surface area contributed by atoms with E-state index in [0.29, 0.717) is 16.5 Å². The number of nitrogen functional groups attached to an aromatic ring is 1. The van der Waals surface area contributed by atoms with Crippen molar-refractivity contribution in [3.05, 3.63) is 35.8 Å². The van der Waals surface area contributed by atoms with Crippen molar-refractivity contribution in [2.45, 2.75) is 17.7 Å². The Morgan fingerprint density at radius 3 is 2.88 bits per heavy atom. The van der Waals surface area contributed by atoms with Gasteiger partial charge in [-0.1, -0.05) is 0 Å². The van der Waals surface area contributed by atoms with Crippen LogP contribution >= 0.6 is 0 Å². The molecule has 17 heavy (non-hydrogen) atoms. The minimum Gasteiger partial charge on any atom is -0.396 e. The van der Waals surface area contributed by atoms with Gasteiger partial charge in [0, 0.05) is 13.2 Å². The Kier molecular flexibility index (Phi) is 3.23. The van der Waals surface area contributed by atoms with E-state index in [1.807, 2.05) is 20.0 Å². The van der Waals surface area contributed by atoms with Gasteiger partial charge in [-0.3, -0.25) is 8.89 Å². The maximum Gasteiger partial charge on any atom is 0.150 e. The first-order chi connectivity index (χ1) is 8.08. The highest BCUT2D eigenvalue weighted by molar-refractivity contribution is 7.84. The van der Waals surface area contributed by atoms with Crippen LogP contribution in [0.15, 0.2) is 29.4 Å². The van der Waals surface area contributed by atoms with Crippen LogP contribution in [-0.2, 0) is 23.6 Å². The molecule has 0 aliphatic carbocycles. The van der Waals surface area contributed by atoms with E-state index in [1.54, 1.807) is 23.0 Å². The summed E-state index contributed by atoms with van der Waals surface area (Å²) in [5.41, 5.74) is 8.02. The number of nitrogens with zero attached hydrogens (tertiary/aromatic N) is 3. The minimum absolute atomic E-state index is 0.374. The van der Waals surface area contributed by atoms with Gasteiger partial charge in [-0.2, -0.15) is 5.10 Å². The second kappa shape index (κ2) is 4.67. The van der Waals surface area contributed by atoms with Crippen molar-refractivity contribution in [1.29, 1.82) is 0 Å². The molecule has 0 radical (unpaired) electrons. The van der Waals surface area contributed by atoms with Crippen LogP contribution in [0.3, 0.4) is 0 Å². The summed E-state index contributed by atoms with van der Waals surface area (Å²) < 4.78 is 13.9. The maximum atomic E-state index is 12.1. The largest absolute Gasteiger partial charge is 0.396 e. The molecule has 0 aliphatic rings. The lowest BCUT2D eigenvalue weighted by molar-refractivity contribution is 0.673. The fourth-order valence-electron chi connectivity index (χ4n) is 1.60. The van der Waals surface area contributed by atoms with Crippen LogP contribution < -0.4 is 5.73 Å². The van der Waals surface area contributed by atoms with E-state index in [1.165, 1.54) is 0 Å². The van der Waals surface area contributed by atoms with Crippen molar-refractivity contribution in [3.8, 4) is 0 Å². The average Bonchev–Trinajstić information content (AvgIpc) is 2.58. The maximum absolute atomic E-state index is 12.1. The second-order valence-corrected chi connectivity index (χ2v) is 5.15. The van der Waals surface area contributed by atoms with Crippen molar-refractivity contribution in [1.82, 2.24) is 14.8 Å². The zero-order valence-electron chi connectivity index (χ0n) is 9.75. The number of hydrogen-bond acceptors (Lipinski definition) is 4. The highest BCUT2D eigenvalue weighted by Crippen LogP contribution is 2.16. The Hall–Kier alpha value is -1.69. The predicted octanol–water partition coefficient (Wildman–Crippen LogP) is 1.01. The number of anilines is 1. The van der Waals surface area contributed by atoms with Crippen molar-refractivity contribution < 1.29 is 4.21 Å². The quantitative estimate of drug-likeness (QED) is 0.882. The number of aromatic nitrogens is 3. The van der Waals surface area contributed by atoms with Gasteiger partial charge >= 0.3 is 0 Å². The van der Waals surface area contributed by atoms with Crippen molar-refractivity contribution in [3.63, 3.8) is 0 Å². The molecule has 2 rings (SSSR count). The lowest BCUT2D eigenvalue weighted by Gasteiger charge is -2.04. The summed E-state index contributed by atoms with van der Waals surface area (Å²) in [5, 5.41) is 4.65. The fourth-order valence-corrected chi connectivity index (χ4v) is 2.78. The lowest BCUT2D eigenvalue weighted by atomic mass is 10.4. The highest BCUT2D eigenvalue weighted by atomic mass is 32.2. The van der Waals surface area contributed by atoms with Crippen molar-refractivity contribution in [2.75, 3.05) is 5.73 Å². The van der Waals surface area contributed by atoms with Crippen molar-refractivity contribution in [2.24, 2.45) is 7.05 Å². The SMILES string of the molecule is Cc1cc(CS(=O)c2ncccc2N)n(C)n1. The number of pyridine rings is 1. The molecule has 0 aromatic carbocycles. The van der Waals surface area contributed by atoms with E-state index >= 15 is 0 Å². The average molecular weight is 250 g/mol. The van der Waals surface area contributed by atoms with E-state index in [2.05, 4.69) is 10.1 Å². The molecule has 0 amide bonds. The second-order valence-electron chi connectivity index (χ2n) is 3.79. The summed E-state index contributed by atoms with van der Waals surface area (Å²) in [4.78, 5) is 4.06. The van der Waals surface area contributed by atoms with E-state index in [4.69, 9.17) is 5.73 Å². The molecule has 0 saturated carbocycles. The smallest absolute Gasteiger partial charge is 0.150 e. The Morgan fingerprint density at radius 2 is 2.29 bits per heavy atom. The Morgan fingerprint density at radius 1 is 1.53 bits per heavy atom. The van der Waals surface area contributed by atoms with Crippen LogP contribution in [0.25, 0.3) is 0 Å². The molecular formula is C11H14N4OS. The predicted molar refractivity (Wildman–Crippen MR) is 66.7 cm³/mol. The fraction of sp³-hybridized carbons (Fsp3) is 0.273. The molecule has 1 atom stereocenters. The Labute approximate surface area is 102 Å². The van der Waals surface area contributed by atoms with E-state index < -0.39 is 10.8 Å².